The number of carbonyl (C=O) groups excluding carboxylic acids is 1. The average molecular weight is 383 g/mol. The average Bonchev–Trinajstić information content (AvgIpc) is 2.73. The number of nitrogens with zero attached hydrogens (tertiary/aromatic N) is 4. The van der Waals surface area contributed by atoms with Crippen molar-refractivity contribution >= 4 is 17.7 Å². The van der Waals surface area contributed by atoms with E-state index in [0.717, 1.165) is 18.1 Å². The number of anilines is 2. The molecule has 4 rings (SSSR count). The van der Waals surface area contributed by atoms with E-state index in [0.29, 0.717) is 62.4 Å². The molecule has 2 aliphatic heterocycles. The first-order valence-electron chi connectivity index (χ1n) is 9.68. The molecule has 2 aromatic rings. The molecular weight excluding hydrogens is 358 g/mol. The second kappa shape index (κ2) is 7.92. The molecule has 2 aliphatic rings. The molecule has 0 spiro atoms. The number of ether oxygens (including phenoxy) is 2. The van der Waals surface area contributed by atoms with Crippen LogP contribution in [0.1, 0.15) is 23.0 Å². The lowest BCUT2D eigenvalue weighted by Gasteiger charge is -2.35. The third-order valence-corrected chi connectivity index (χ3v) is 4.85. The Morgan fingerprint density at radius 1 is 1.14 bits per heavy atom. The van der Waals surface area contributed by atoms with E-state index in [-0.39, 0.29) is 5.91 Å². The van der Waals surface area contributed by atoms with Gasteiger partial charge in [0.05, 0.1) is 5.56 Å². The Kier molecular flexibility index (Phi) is 5.18. The summed E-state index contributed by atoms with van der Waals surface area (Å²) < 4.78 is 11.3. The number of para-hydroxylation sites is 1. The van der Waals surface area contributed by atoms with Crippen molar-refractivity contribution in [1.82, 2.24) is 14.9 Å². The van der Waals surface area contributed by atoms with Crippen LogP contribution in [-0.4, -0.2) is 66.7 Å². The van der Waals surface area contributed by atoms with Gasteiger partial charge in [-0.15, -0.1) is 0 Å². The summed E-state index contributed by atoms with van der Waals surface area (Å²) in [6, 6.07) is 7.40. The Bertz CT molecular complexity index is 865. The van der Waals surface area contributed by atoms with E-state index in [1.54, 1.807) is 6.07 Å². The van der Waals surface area contributed by atoms with Crippen LogP contribution in [0.4, 0.5) is 11.8 Å². The van der Waals surface area contributed by atoms with Gasteiger partial charge in [-0.25, -0.2) is 4.98 Å². The van der Waals surface area contributed by atoms with Crippen LogP contribution in [0.5, 0.6) is 11.5 Å². The number of carbonyl (C=O) groups is 1. The van der Waals surface area contributed by atoms with Crippen LogP contribution >= 0.6 is 0 Å². The largest absolute Gasteiger partial charge is 0.486 e. The molecule has 28 heavy (non-hydrogen) atoms. The number of aryl methyl sites for hydroxylation is 1. The van der Waals surface area contributed by atoms with Gasteiger partial charge in [0.25, 0.3) is 5.91 Å². The number of nitrogens with one attached hydrogen (secondary N) is 1. The number of fused-ring (bicyclic) bond motifs is 1. The predicted octanol–water partition coefficient (Wildman–Crippen LogP) is 1.95. The standard InChI is InChI=1S/C20H25N5O3/c1-3-21-17-13-14(2)22-20(23-17)25-9-7-24(8-10-25)19(26)15-5-4-6-16-18(15)28-12-11-27-16/h4-6,13H,3,7-12H2,1-2H3,(H,21,22,23). The molecule has 148 valence electrons. The van der Waals surface area contributed by atoms with Crippen molar-refractivity contribution in [2.45, 2.75) is 13.8 Å². The Balaban J connectivity index is 1.45. The maximum Gasteiger partial charge on any atom is 0.257 e. The van der Waals surface area contributed by atoms with Crippen molar-refractivity contribution in [3.8, 4) is 11.5 Å². The molecule has 0 aliphatic carbocycles. The SMILES string of the molecule is CCNc1cc(C)nc(N2CCN(C(=O)c3cccc4c3OCCO4)CC2)n1. The van der Waals surface area contributed by atoms with Gasteiger partial charge in [0.15, 0.2) is 11.5 Å². The lowest BCUT2D eigenvalue weighted by atomic mass is 10.1. The zero-order valence-corrected chi connectivity index (χ0v) is 16.3. The summed E-state index contributed by atoms with van der Waals surface area (Å²) in [7, 11) is 0. The summed E-state index contributed by atoms with van der Waals surface area (Å²) >= 11 is 0. The minimum atomic E-state index is -0.0273. The molecule has 1 N–H and O–H groups in total. The summed E-state index contributed by atoms with van der Waals surface area (Å²) in [5, 5.41) is 3.24. The summed E-state index contributed by atoms with van der Waals surface area (Å²) in [4.78, 5) is 26.2. The highest BCUT2D eigenvalue weighted by molar-refractivity contribution is 5.98. The lowest BCUT2D eigenvalue weighted by molar-refractivity contribution is 0.0735. The number of benzene rings is 1. The van der Waals surface area contributed by atoms with Crippen molar-refractivity contribution in [1.29, 1.82) is 0 Å². The quantitative estimate of drug-likeness (QED) is 0.864. The molecule has 0 bridgehead atoms. The molecule has 0 saturated carbocycles. The molecule has 1 fully saturated rings. The van der Waals surface area contributed by atoms with Gasteiger partial charge in [0.1, 0.15) is 19.0 Å². The monoisotopic (exact) mass is 383 g/mol. The number of hydrogen-bond donors (Lipinski definition) is 1. The highest BCUT2D eigenvalue weighted by atomic mass is 16.6. The van der Waals surface area contributed by atoms with Gasteiger partial charge in [-0.1, -0.05) is 6.07 Å². The van der Waals surface area contributed by atoms with Crippen LogP contribution in [0.25, 0.3) is 0 Å². The normalized spacial score (nSPS) is 16.1. The summed E-state index contributed by atoms with van der Waals surface area (Å²) in [5.74, 6) is 2.70. The second-order valence-electron chi connectivity index (χ2n) is 6.83. The fraction of sp³-hybridized carbons (Fsp3) is 0.450. The summed E-state index contributed by atoms with van der Waals surface area (Å²) in [6.45, 7) is 8.38. The van der Waals surface area contributed by atoms with E-state index in [1.165, 1.54) is 0 Å². The molecule has 3 heterocycles. The van der Waals surface area contributed by atoms with E-state index in [9.17, 15) is 4.79 Å². The van der Waals surface area contributed by atoms with Gasteiger partial charge in [-0.3, -0.25) is 4.79 Å². The van der Waals surface area contributed by atoms with Crippen molar-refractivity contribution in [3.63, 3.8) is 0 Å². The van der Waals surface area contributed by atoms with Crippen molar-refractivity contribution in [3.05, 3.63) is 35.5 Å². The van der Waals surface area contributed by atoms with E-state index in [2.05, 4.69) is 20.2 Å². The van der Waals surface area contributed by atoms with Crippen molar-refractivity contribution in [2.24, 2.45) is 0 Å². The molecule has 8 heteroatoms. The van der Waals surface area contributed by atoms with E-state index < -0.39 is 0 Å². The van der Waals surface area contributed by atoms with Crippen LogP contribution in [0, 0.1) is 6.92 Å². The first kappa shape index (κ1) is 18.3. The molecule has 0 atom stereocenters. The van der Waals surface area contributed by atoms with Gasteiger partial charge < -0.3 is 24.6 Å². The van der Waals surface area contributed by atoms with Crippen LogP contribution < -0.4 is 19.7 Å². The maximum absolute atomic E-state index is 13.0. The Morgan fingerprint density at radius 2 is 1.93 bits per heavy atom. The van der Waals surface area contributed by atoms with Crippen LogP contribution in [0.3, 0.4) is 0 Å². The molecule has 1 amide bonds. The number of amides is 1. The molecule has 0 radical (unpaired) electrons. The molecule has 1 aromatic heterocycles. The van der Waals surface area contributed by atoms with Gasteiger partial charge in [0, 0.05) is 44.5 Å². The zero-order valence-electron chi connectivity index (χ0n) is 16.3. The minimum absolute atomic E-state index is 0.0273. The van der Waals surface area contributed by atoms with Gasteiger partial charge in [-0.2, -0.15) is 4.98 Å². The number of aromatic nitrogens is 2. The highest BCUT2D eigenvalue weighted by Gasteiger charge is 2.28. The first-order valence-corrected chi connectivity index (χ1v) is 9.68. The van der Waals surface area contributed by atoms with Crippen molar-refractivity contribution in [2.75, 3.05) is 56.2 Å². The van der Waals surface area contributed by atoms with Gasteiger partial charge in [0.2, 0.25) is 5.95 Å². The number of piperazine rings is 1. The van der Waals surface area contributed by atoms with Gasteiger partial charge >= 0.3 is 0 Å². The predicted molar refractivity (Wildman–Crippen MR) is 106 cm³/mol. The fourth-order valence-electron chi connectivity index (χ4n) is 3.49. The third-order valence-electron chi connectivity index (χ3n) is 4.85. The third kappa shape index (κ3) is 3.67. The Labute approximate surface area is 164 Å². The molecule has 8 nitrogen and oxygen atoms in total. The van der Waals surface area contributed by atoms with Crippen LogP contribution in [0.15, 0.2) is 24.3 Å². The van der Waals surface area contributed by atoms with E-state index in [1.807, 2.05) is 36.9 Å². The van der Waals surface area contributed by atoms with Crippen molar-refractivity contribution < 1.29 is 14.3 Å². The Morgan fingerprint density at radius 3 is 2.71 bits per heavy atom. The smallest absolute Gasteiger partial charge is 0.257 e. The van der Waals surface area contributed by atoms with E-state index >= 15 is 0 Å². The number of hydrogen-bond acceptors (Lipinski definition) is 7. The second-order valence-corrected chi connectivity index (χ2v) is 6.83. The van der Waals surface area contributed by atoms with Gasteiger partial charge in [-0.05, 0) is 26.0 Å². The van der Waals surface area contributed by atoms with Crippen LogP contribution in [0.2, 0.25) is 0 Å². The summed E-state index contributed by atoms with van der Waals surface area (Å²) in [5.41, 5.74) is 1.49. The Hall–Kier alpha value is -3.03. The minimum Gasteiger partial charge on any atom is -0.486 e. The topological polar surface area (TPSA) is 79.8 Å². The zero-order chi connectivity index (χ0) is 19.5. The lowest BCUT2D eigenvalue weighted by Crippen LogP contribution is -2.49. The van der Waals surface area contributed by atoms with Crippen LogP contribution in [-0.2, 0) is 0 Å². The molecule has 1 aromatic carbocycles. The number of rotatable bonds is 4. The highest BCUT2D eigenvalue weighted by Crippen LogP contribution is 2.34. The van der Waals surface area contributed by atoms with E-state index in [4.69, 9.17) is 9.47 Å². The first-order chi connectivity index (χ1) is 13.7. The molecule has 1 saturated heterocycles. The summed E-state index contributed by atoms with van der Waals surface area (Å²) in [6.07, 6.45) is 0. The molecular formula is C20H25N5O3. The maximum atomic E-state index is 13.0. The molecule has 0 unspecified atom stereocenters. The fourth-order valence-corrected chi connectivity index (χ4v) is 3.49.